The highest BCUT2D eigenvalue weighted by Crippen LogP contribution is 2.10. The zero-order valence-electron chi connectivity index (χ0n) is 11.6. The van der Waals surface area contributed by atoms with Crippen LogP contribution in [0, 0.1) is 0 Å². The number of hydrogen-bond acceptors (Lipinski definition) is 3. The summed E-state index contributed by atoms with van der Waals surface area (Å²) in [6, 6.07) is 3.50. The monoisotopic (exact) mass is 337 g/mol. The third-order valence-corrected chi connectivity index (χ3v) is 3.72. The molecule has 0 atom stereocenters. The molecule has 0 spiro atoms. The molecule has 0 aliphatic heterocycles. The van der Waals surface area contributed by atoms with Crippen LogP contribution >= 0.6 is 15.9 Å². The smallest absolute Gasteiger partial charge is 0.270 e. The number of carbonyl (C=O) groups is 1. The van der Waals surface area contributed by atoms with Crippen LogP contribution in [0.5, 0.6) is 0 Å². The molecule has 6 heteroatoms. The van der Waals surface area contributed by atoms with Crippen molar-refractivity contribution in [3.05, 3.63) is 44.9 Å². The molecular formula is C14H16BrN3O2. The van der Waals surface area contributed by atoms with Crippen molar-refractivity contribution in [2.75, 3.05) is 0 Å². The molecule has 0 aliphatic rings. The minimum absolute atomic E-state index is 0.0436. The van der Waals surface area contributed by atoms with E-state index in [9.17, 15) is 9.59 Å². The van der Waals surface area contributed by atoms with Crippen LogP contribution in [0.1, 0.15) is 37.6 Å². The Morgan fingerprint density at radius 3 is 2.80 bits per heavy atom. The predicted octanol–water partition coefficient (Wildman–Crippen LogP) is 2.38. The van der Waals surface area contributed by atoms with Gasteiger partial charge in [0.2, 0.25) is 0 Å². The summed E-state index contributed by atoms with van der Waals surface area (Å²) in [6.45, 7) is 5.80. The molecule has 0 bridgehead atoms. The number of nitrogens with one attached hydrogen (secondary N) is 1. The van der Waals surface area contributed by atoms with Crippen molar-refractivity contribution in [3.8, 4) is 0 Å². The summed E-state index contributed by atoms with van der Waals surface area (Å²) in [5.41, 5.74) is -0.187. The lowest BCUT2D eigenvalue weighted by Gasteiger charge is -2.24. The molecule has 1 N–H and O–H groups in total. The third-order valence-electron chi connectivity index (χ3n) is 3.25. The summed E-state index contributed by atoms with van der Waals surface area (Å²) >= 11 is 3.30. The largest absolute Gasteiger partial charge is 0.347 e. The Balaban J connectivity index is 2.48. The molecule has 2 aromatic heterocycles. The van der Waals surface area contributed by atoms with Gasteiger partial charge in [-0.1, -0.05) is 6.92 Å². The van der Waals surface area contributed by atoms with Gasteiger partial charge in [0.25, 0.3) is 11.5 Å². The minimum atomic E-state index is -0.399. The number of aromatic nitrogens is 2. The van der Waals surface area contributed by atoms with E-state index in [2.05, 4.69) is 26.2 Å². The Morgan fingerprint density at radius 2 is 2.15 bits per heavy atom. The van der Waals surface area contributed by atoms with Gasteiger partial charge >= 0.3 is 0 Å². The number of amides is 1. The average Bonchev–Trinajstić information content (AvgIpc) is 2.39. The van der Waals surface area contributed by atoms with Gasteiger partial charge in [0.05, 0.1) is 0 Å². The molecule has 0 fully saturated rings. The molecule has 0 aliphatic carbocycles. The highest BCUT2D eigenvalue weighted by Gasteiger charge is 2.21. The van der Waals surface area contributed by atoms with Crippen molar-refractivity contribution in [1.29, 1.82) is 0 Å². The third kappa shape index (κ3) is 2.90. The summed E-state index contributed by atoms with van der Waals surface area (Å²) < 4.78 is 2.11. The van der Waals surface area contributed by atoms with Crippen LogP contribution in [0.3, 0.4) is 0 Å². The second-order valence-corrected chi connectivity index (χ2v) is 6.16. The minimum Gasteiger partial charge on any atom is -0.347 e. The van der Waals surface area contributed by atoms with Gasteiger partial charge in [-0.25, -0.2) is 4.98 Å². The van der Waals surface area contributed by atoms with Crippen LogP contribution in [-0.2, 0) is 0 Å². The molecule has 0 aromatic carbocycles. The van der Waals surface area contributed by atoms with Gasteiger partial charge in [-0.05, 0) is 48.3 Å². The fraction of sp³-hybridized carbons (Fsp3) is 0.357. The van der Waals surface area contributed by atoms with Crippen molar-refractivity contribution >= 4 is 27.5 Å². The van der Waals surface area contributed by atoms with Crippen LogP contribution in [0.25, 0.3) is 5.65 Å². The van der Waals surface area contributed by atoms with Gasteiger partial charge in [0.1, 0.15) is 11.2 Å². The molecule has 106 valence electrons. The van der Waals surface area contributed by atoms with E-state index in [4.69, 9.17) is 0 Å². The van der Waals surface area contributed by atoms with Gasteiger partial charge in [-0.2, -0.15) is 0 Å². The average molecular weight is 338 g/mol. The molecule has 1 amide bonds. The molecule has 2 aromatic rings. The number of nitrogens with zero attached hydrogens (tertiary/aromatic N) is 2. The normalized spacial score (nSPS) is 11.6. The maximum atomic E-state index is 12.3. The van der Waals surface area contributed by atoms with Gasteiger partial charge in [0, 0.05) is 22.4 Å². The fourth-order valence-corrected chi connectivity index (χ4v) is 2.01. The van der Waals surface area contributed by atoms with E-state index in [0.717, 1.165) is 10.9 Å². The van der Waals surface area contributed by atoms with E-state index in [-0.39, 0.29) is 16.7 Å². The van der Waals surface area contributed by atoms with Crippen molar-refractivity contribution in [2.24, 2.45) is 0 Å². The molecule has 5 nitrogen and oxygen atoms in total. The molecule has 0 radical (unpaired) electrons. The Bertz CT molecular complexity index is 722. The first-order valence-electron chi connectivity index (χ1n) is 6.33. The van der Waals surface area contributed by atoms with Crippen molar-refractivity contribution in [2.45, 2.75) is 32.7 Å². The molecule has 0 saturated carbocycles. The molecule has 2 heterocycles. The summed E-state index contributed by atoms with van der Waals surface area (Å²) in [6.07, 6.45) is 3.70. The van der Waals surface area contributed by atoms with Gasteiger partial charge < -0.3 is 5.32 Å². The quantitative estimate of drug-likeness (QED) is 0.935. The first-order chi connectivity index (χ1) is 9.34. The van der Waals surface area contributed by atoms with E-state index in [1.54, 1.807) is 18.3 Å². The first kappa shape index (κ1) is 14.7. The maximum absolute atomic E-state index is 12.3. The Labute approximate surface area is 125 Å². The van der Waals surface area contributed by atoms with Crippen molar-refractivity contribution in [1.82, 2.24) is 14.7 Å². The summed E-state index contributed by atoms with van der Waals surface area (Å²) in [5, 5.41) is 2.84. The second-order valence-electron chi connectivity index (χ2n) is 5.24. The number of carbonyl (C=O) groups excluding carboxylic acids is 1. The van der Waals surface area contributed by atoms with E-state index >= 15 is 0 Å². The van der Waals surface area contributed by atoms with Crippen molar-refractivity contribution in [3.63, 3.8) is 0 Å². The highest BCUT2D eigenvalue weighted by atomic mass is 79.9. The summed E-state index contributed by atoms with van der Waals surface area (Å²) in [4.78, 5) is 28.7. The maximum Gasteiger partial charge on any atom is 0.270 e. The Morgan fingerprint density at radius 1 is 1.45 bits per heavy atom. The number of halogens is 1. The predicted molar refractivity (Wildman–Crippen MR) is 81.0 cm³/mol. The van der Waals surface area contributed by atoms with E-state index in [0.29, 0.717) is 5.65 Å². The first-order valence-corrected chi connectivity index (χ1v) is 7.13. The van der Waals surface area contributed by atoms with E-state index < -0.39 is 5.91 Å². The van der Waals surface area contributed by atoms with Gasteiger partial charge in [0.15, 0.2) is 0 Å². The fourth-order valence-electron chi connectivity index (χ4n) is 1.67. The van der Waals surface area contributed by atoms with Crippen LogP contribution in [0.15, 0.2) is 33.8 Å². The lowest BCUT2D eigenvalue weighted by atomic mass is 10.0. The standard InChI is InChI=1S/C14H16BrN3O2/c1-4-14(2,3)17-12(19)10-7-16-11-6-5-9(15)8-18(11)13(10)20/h5-8H,4H2,1-3H3,(H,17,19). The zero-order valence-corrected chi connectivity index (χ0v) is 13.2. The van der Waals surface area contributed by atoms with Crippen molar-refractivity contribution < 1.29 is 4.79 Å². The topological polar surface area (TPSA) is 63.5 Å². The number of fused-ring (bicyclic) bond motifs is 1. The summed E-state index contributed by atoms with van der Waals surface area (Å²) in [5.74, 6) is -0.399. The van der Waals surface area contributed by atoms with Crippen LogP contribution < -0.4 is 10.9 Å². The number of pyridine rings is 1. The summed E-state index contributed by atoms with van der Waals surface area (Å²) in [7, 11) is 0. The number of hydrogen-bond donors (Lipinski definition) is 1. The number of rotatable bonds is 3. The van der Waals surface area contributed by atoms with Crippen LogP contribution in [-0.4, -0.2) is 20.8 Å². The lowest BCUT2D eigenvalue weighted by Crippen LogP contribution is -2.44. The van der Waals surface area contributed by atoms with Gasteiger partial charge in [-0.15, -0.1) is 0 Å². The van der Waals surface area contributed by atoms with E-state index in [1.165, 1.54) is 10.6 Å². The molecule has 0 saturated heterocycles. The molecule has 20 heavy (non-hydrogen) atoms. The molecule has 2 rings (SSSR count). The Kier molecular flexibility index (Phi) is 3.94. The van der Waals surface area contributed by atoms with Crippen LogP contribution in [0.2, 0.25) is 0 Å². The van der Waals surface area contributed by atoms with E-state index in [1.807, 2.05) is 20.8 Å². The lowest BCUT2D eigenvalue weighted by molar-refractivity contribution is 0.0909. The Hall–Kier alpha value is -1.69. The molecule has 0 unspecified atom stereocenters. The highest BCUT2D eigenvalue weighted by molar-refractivity contribution is 9.10. The van der Waals surface area contributed by atoms with Crippen LogP contribution in [0.4, 0.5) is 0 Å². The zero-order chi connectivity index (χ0) is 14.9. The van der Waals surface area contributed by atoms with Gasteiger partial charge in [-0.3, -0.25) is 14.0 Å². The second kappa shape index (κ2) is 5.36. The SMILES string of the molecule is CCC(C)(C)NC(=O)c1cnc2ccc(Br)cn2c1=O. The molecular weight excluding hydrogens is 322 g/mol.